The van der Waals surface area contributed by atoms with Crippen LogP contribution in [0.4, 0.5) is 16.0 Å². The molecule has 6 rings (SSSR count). The molecule has 0 amide bonds. The molecule has 8 heteroatoms. The number of benzene rings is 1. The first kappa shape index (κ1) is 22.2. The number of amidine groups is 1. The van der Waals surface area contributed by atoms with Crippen molar-refractivity contribution in [2.24, 2.45) is 10.9 Å². The summed E-state index contributed by atoms with van der Waals surface area (Å²) in [6.45, 7) is 9.68. The fraction of sp³-hybridized carbons (Fsp3) is 0.444. The van der Waals surface area contributed by atoms with Crippen LogP contribution in [0.5, 0.6) is 11.8 Å². The minimum absolute atomic E-state index is 0.130. The second-order valence-corrected chi connectivity index (χ2v) is 9.86. The Hall–Kier alpha value is -3.26. The molecule has 2 aliphatic heterocycles. The molecule has 1 aromatic heterocycles. The first-order valence-corrected chi connectivity index (χ1v) is 12.6. The van der Waals surface area contributed by atoms with Gasteiger partial charge >= 0.3 is 6.01 Å². The fourth-order valence-electron chi connectivity index (χ4n) is 5.03. The Kier molecular flexibility index (Phi) is 5.76. The van der Waals surface area contributed by atoms with E-state index < -0.39 is 0 Å². The zero-order valence-corrected chi connectivity index (χ0v) is 20.4. The minimum atomic E-state index is -0.364. The number of aromatic nitrogens is 2. The predicted molar refractivity (Wildman–Crippen MR) is 137 cm³/mol. The predicted octanol–water partition coefficient (Wildman–Crippen LogP) is 4.67. The number of hydrogen-bond donors (Lipinski definition) is 1. The zero-order valence-electron chi connectivity index (χ0n) is 20.4. The summed E-state index contributed by atoms with van der Waals surface area (Å²) in [5.41, 5.74) is 4.11. The smallest absolute Gasteiger partial charge is 0.326 e. The summed E-state index contributed by atoms with van der Waals surface area (Å²) < 4.78 is 21.2. The van der Waals surface area contributed by atoms with Crippen molar-refractivity contribution in [3.63, 3.8) is 0 Å². The summed E-state index contributed by atoms with van der Waals surface area (Å²) in [5, 5.41) is 3.34. The second kappa shape index (κ2) is 9.07. The van der Waals surface area contributed by atoms with Crippen molar-refractivity contribution in [3.05, 3.63) is 52.4 Å². The summed E-state index contributed by atoms with van der Waals surface area (Å²) in [4.78, 5) is 18.5. The van der Waals surface area contributed by atoms with Crippen LogP contribution < -0.4 is 15.0 Å². The van der Waals surface area contributed by atoms with E-state index in [-0.39, 0.29) is 17.6 Å². The lowest BCUT2D eigenvalue weighted by molar-refractivity contribution is 0.270. The summed E-state index contributed by atoms with van der Waals surface area (Å²) in [6.07, 6.45) is 7.31. The maximum absolute atomic E-state index is 15.2. The maximum atomic E-state index is 15.2. The van der Waals surface area contributed by atoms with Crippen LogP contribution in [0.15, 0.2) is 40.4 Å². The van der Waals surface area contributed by atoms with E-state index in [1.165, 1.54) is 18.4 Å². The molecule has 3 heterocycles. The quantitative estimate of drug-likeness (QED) is 0.657. The van der Waals surface area contributed by atoms with Gasteiger partial charge in [-0.1, -0.05) is 24.6 Å². The highest BCUT2D eigenvalue weighted by Crippen LogP contribution is 2.38. The van der Waals surface area contributed by atoms with Crippen LogP contribution in [0.25, 0.3) is 6.08 Å². The van der Waals surface area contributed by atoms with Crippen LogP contribution in [0, 0.1) is 11.7 Å². The van der Waals surface area contributed by atoms with E-state index in [2.05, 4.69) is 43.1 Å². The van der Waals surface area contributed by atoms with Crippen molar-refractivity contribution in [1.82, 2.24) is 14.9 Å². The number of anilines is 2. The first-order chi connectivity index (χ1) is 17.1. The van der Waals surface area contributed by atoms with Gasteiger partial charge in [-0.2, -0.15) is 9.97 Å². The Morgan fingerprint density at radius 3 is 2.71 bits per heavy atom. The first-order valence-electron chi connectivity index (χ1n) is 12.6. The number of halogens is 1. The largest absolute Gasteiger partial charge is 0.421 e. The molecule has 2 fully saturated rings. The Balaban J connectivity index is 1.29. The van der Waals surface area contributed by atoms with Crippen LogP contribution in [0.3, 0.4) is 0 Å². The summed E-state index contributed by atoms with van der Waals surface area (Å²) in [7, 11) is 0. The van der Waals surface area contributed by atoms with Gasteiger partial charge in [0, 0.05) is 37.8 Å². The molecule has 2 aromatic rings. The van der Waals surface area contributed by atoms with Gasteiger partial charge in [-0.15, -0.1) is 0 Å². The van der Waals surface area contributed by atoms with Crippen LogP contribution in [0.1, 0.15) is 37.8 Å². The van der Waals surface area contributed by atoms with E-state index in [9.17, 15) is 0 Å². The van der Waals surface area contributed by atoms with Crippen LogP contribution in [-0.4, -0.2) is 60.0 Å². The topological polar surface area (TPSA) is 65.9 Å². The molecule has 0 atom stereocenters. The van der Waals surface area contributed by atoms with Crippen molar-refractivity contribution in [2.45, 2.75) is 33.1 Å². The summed E-state index contributed by atoms with van der Waals surface area (Å²) in [5.74, 6) is 2.65. The lowest BCUT2D eigenvalue weighted by atomic mass is 10.1. The molecule has 1 saturated heterocycles. The average Bonchev–Trinajstić information content (AvgIpc) is 3.49. The molecule has 0 radical (unpaired) electrons. The van der Waals surface area contributed by atoms with E-state index in [1.54, 1.807) is 6.07 Å². The van der Waals surface area contributed by atoms with Crippen LogP contribution in [-0.2, 0) is 6.42 Å². The summed E-state index contributed by atoms with van der Waals surface area (Å²) in [6, 6.07) is 5.66. The highest BCUT2D eigenvalue weighted by Gasteiger charge is 2.28. The lowest BCUT2D eigenvalue weighted by Crippen LogP contribution is -2.46. The van der Waals surface area contributed by atoms with Gasteiger partial charge in [0.1, 0.15) is 17.5 Å². The molecule has 1 aromatic carbocycles. The normalized spacial score (nSPS) is 19.9. The molecule has 1 N–H and O–H groups in total. The third kappa shape index (κ3) is 4.67. The Morgan fingerprint density at radius 2 is 1.94 bits per heavy atom. The molecule has 0 bridgehead atoms. The number of rotatable bonds is 6. The van der Waals surface area contributed by atoms with Gasteiger partial charge in [0.25, 0.3) is 0 Å². The van der Waals surface area contributed by atoms with Crippen molar-refractivity contribution in [1.29, 1.82) is 0 Å². The third-order valence-corrected chi connectivity index (χ3v) is 7.24. The molecular formula is C27H31FN6O. The van der Waals surface area contributed by atoms with Crippen LogP contribution >= 0.6 is 0 Å². The summed E-state index contributed by atoms with van der Waals surface area (Å²) >= 11 is 0. The molecule has 7 nitrogen and oxygen atoms in total. The second-order valence-electron chi connectivity index (χ2n) is 9.86. The SMILES string of the molecule is CCN1CCN(c2cc(NC3=NCC(C4CC4)=C3)nc(Oc3ccc4c(c3F)C=C(C)C4)n2)CC1. The third-order valence-electron chi connectivity index (χ3n) is 7.24. The molecule has 4 aliphatic rings. The molecule has 182 valence electrons. The number of hydrogen-bond acceptors (Lipinski definition) is 7. The number of ether oxygens (including phenoxy) is 1. The van der Waals surface area contributed by atoms with Gasteiger partial charge < -0.3 is 19.9 Å². The van der Waals surface area contributed by atoms with Gasteiger partial charge in [-0.3, -0.25) is 4.99 Å². The van der Waals surface area contributed by atoms with Crippen molar-refractivity contribution in [3.8, 4) is 11.8 Å². The number of piperazine rings is 1. The molecule has 35 heavy (non-hydrogen) atoms. The molecule has 1 saturated carbocycles. The zero-order chi connectivity index (χ0) is 23.9. The number of likely N-dealkylation sites (N-methyl/N-ethyl adjacent to an activating group) is 1. The average molecular weight is 475 g/mol. The van der Waals surface area contributed by atoms with Crippen molar-refractivity contribution in [2.75, 3.05) is 49.5 Å². The molecular weight excluding hydrogens is 443 g/mol. The number of aliphatic imine (C=N–C) groups is 1. The highest BCUT2D eigenvalue weighted by molar-refractivity contribution is 6.05. The van der Waals surface area contributed by atoms with Crippen LogP contribution in [0.2, 0.25) is 0 Å². The monoisotopic (exact) mass is 474 g/mol. The maximum Gasteiger partial charge on any atom is 0.326 e. The Labute approximate surface area is 205 Å². The van der Waals surface area contributed by atoms with Gasteiger partial charge in [-0.25, -0.2) is 4.39 Å². The van der Waals surface area contributed by atoms with E-state index >= 15 is 4.39 Å². The molecule has 0 unspecified atom stereocenters. The van der Waals surface area contributed by atoms with Crippen molar-refractivity contribution < 1.29 is 9.13 Å². The van der Waals surface area contributed by atoms with E-state index in [0.717, 1.165) is 68.5 Å². The number of nitrogens with zero attached hydrogens (tertiary/aromatic N) is 5. The number of nitrogens with one attached hydrogen (secondary N) is 1. The number of fused-ring (bicyclic) bond motifs is 1. The van der Waals surface area contributed by atoms with Gasteiger partial charge in [0.2, 0.25) is 0 Å². The Bertz CT molecular complexity index is 1240. The highest BCUT2D eigenvalue weighted by atomic mass is 19.1. The lowest BCUT2D eigenvalue weighted by Gasteiger charge is -2.34. The fourth-order valence-corrected chi connectivity index (χ4v) is 5.03. The van der Waals surface area contributed by atoms with Gasteiger partial charge in [-0.05, 0) is 61.9 Å². The standard InChI is InChI=1S/C27H31FN6O/c1-3-33-8-10-34(11-9-33)25-15-24(30-23-14-20(16-29-23)18-4-5-18)31-27(32-25)35-22-7-6-19-12-17(2)13-21(19)26(22)28/h6-7,13-15,18H,3-5,8-12,16H2,1-2H3,(H,29,30,31,32). The molecule has 2 aliphatic carbocycles. The van der Waals surface area contributed by atoms with E-state index in [1.807, 2.05) is 25.1 Å². The molecule has 0 spiro atoms. The van der Waals surface area contributed by atoms with Crippen molar-refractivity contribution >= 4 is 23.5 Å². The van der Waals surface area contributed by atoms with E-state index in [4.69, 9.17) is 4.74 Å². The van der Waals surface area contributed by atoms with Gasteiger partial charge in [0.05, 0.1) is 6.54 Å². The van der Waals surface area contributed by atoms with E-state index in [0.29, 0.717) is 17.3 Å². The number of allylic oxidation sites excluding steroid dienone is 1. The Morgan fingerprint density at radius 1 is 1.11 bits per heavy atom. The van der Waals surface area contributed by atoms with Gasteiger partial charge in [0.15, 0.2) is 11.6 Å². The minimum Gasteiger partial charge on any atom is -0.421 e.